The standard InChI is InChI=1S/C13H15NOS2/c1-3-15-11-6-4-5-10(7-11)13-14-9(2)12(8-16)17-13/h4-7,16H,3,8H2,1-2H3. The van der Waals surface area contributed by atoms with Crippen molar-refractivity contribution in [2.45, 2.75) is 19.6 Å². The average Bonchev–Trinajstić information content (AvgIpc) is 2.71. The molecule has 0 fully saturated rings. The van der Waals surface area contributed by atoms with Crippen molar-refractivity contribution in [3.05, 3.63) is 34.8 Å². The van der Waals surface area contributed by atoms with Crippen molar-refractivity contribution in [1.29, 1.82) is 0 Å². The van der Waals surface area contributed by atoms with E-state index in [0.717, 1.165) is 27.8 Å². The average molecular weight is 265 g/mol. The Labute approximate surface area is 111 Å². The molecule has 17 heavy (non-hydrogen) atoms. The van der Waals surface area contributed by atoms with E-state index in [1.807, 2.05) is 32.0 Å². The maximum Gasteiger partial charge on any atom is 0.124 e. The van der Waals surface area contributed by atoms with Crippen LogP contribution in [0.4, 0.5) is 0 Å². The third kappa shape index (κ3) is 2.82. The summed E-state index contributed by atoms with van der Waals surface area (Å²) in [4.78, 5) is 5.79. The molecule has 2 rings (SSSR count). The Morgan fingerprint density at radius 1 is 1.41 bits per heavy atom. The molecule has 0 spiro atoms. The van der Waals surface area contributed by atoms with Crippen molar-refractivity contribution >= 4 is 24.0 Å². The molecular weight excluding hydrogens is 250 g/mol. The van der Waals surface area contributed by atoms with E-state index in [1.165, 1.54) is 4.88 Å². The molecule has 1 aromatic carbocycles. The highest BCUT2D eigenvalue weighted by Gasteiger charge is 2.08. The van der Waals surface area contributed by atoms with Gasteiger partial charge in [0, 0.05) is 16.2 Å². The number of hydrogen-bond donors (Lipinski definition) is 1. The molecule has 4 heteroatoms. The van der Waals surface area contributed by atoms with Crippen molar-refractivity contribution in [2.24, 2.45) is 0 Å². The van der Waals surface area contributed by atoms with Gasteiger partial charge in [-0.05, 0) is 26.0 Å². The van der Waals surface area contributed by atoms with Gasteiger partial charge in [-0.3, -0.25) is 0 Å². The smallest absolute Gasteiger partial charge is 0.124 e. The normalized spacial score (nSPS) is 10.5. The summed E-state index contributed by atoms with van der Waals surface area (Å²) in [5.74, 6) is 1.64. The Morgan fingerprint density at radius 2 is 2.24 bits per heavy atom. The van der Waals surface area contributed by atoms with Gasteiger partial charge in [-0.25, -0.2) is 4.98 Å². The van der Waals surface area contributed by atoms with Gasteiger partial charge in [0.2, 0.25) is 0 Å². The molecular formula is C13H15NOS2. The fourth-order valence-corrected chi connectivity index (χ4v) is 2.92. The zero-order valence-corrected chi connectivity index (χ0v) is 11.6. The van der Waals surface area contributed by atoms with Crippen LogP contribution in [-0.4, -0.2) is 11.6 Å². The first-order valence-electron chi connectivity index (χ1n) is 5.55. The minimum absolute atomic E-state index is 0.683. The second kappa shape index (κ2) is 5.56. The highest BCUT2D eigenvalue weighted by atomic mass is 32.1. The summed E-state index contributed by atoms with van der Waals surface area (Å²) in [6.45, 7) is 4.69. The lowest BCUT2D eigenvalue weighted by molar-refractivity contribution is 0.340. The van der Waals surface area contributed by atoms with Crippen molar-refractivity contribution < 1.29 is 4.74 Å². The Kier molecular flexibility index (Phi) is 4.07. The van der Waals surface area contributed by atoms with Gasteiger partial charge in [-0.2, -0.15) is 12.6 Å². The lowest BCUT2D eigenvalue weighted by Gasteiger charge is -2.03. The van der Waals surface area contributed by atoms with Gasteiger partial charge in [0.25, 0.3) is 0 Å². The molecule has 0 radical (unpaired) electrons. The summed E-state index contributed by atoms with van der Waals surface area (Å²) >= 11 is 6.00. The maximum absolute atomic E-state index is 5.49. The van der Waals surface area contributed by atoms with Gasteiger partial charge in [-0.15, -0.1) is 11.3 Å². The summed E-state index contributed by atoms with van der Waals surface area (Å²) in [5.41, 5.74) is 2.18. The van der Waals surface area contributed by atoms with Crippen molar-refractivity contribution in [3.8, 4) is 16.3 Å². The molecule has 0 bridgehead atoms. The van der Waals surface area contributed by atoms with Crippen LogP contribution >= 0.6 is 24.0 Å². The Balaban J connectivity index is 2.34. The van der Waals surface area contributed by atoms with Crippen LogP contribution in [0.15, 0.2) is 24.3 Å². The molecule has 0 unspecified atom stereocenters. The summed E-state index contributed by atoms with van der Waals surface area (Å²) in [6, 6.07) is 8.05. The zero-order chi connectivity index (χ0) is 12.3. The van der Waals surface area contributed by atoms with Crippen LogP contribution in [-0.2, 0) is 5.75 Å². The molecule has 1 aromatic heterocycles. The molecule has 0 aliphatic carbocycles. The van der Waals surface area contributed by atoms with Gasteiger partial charge < -0.3 is 4.74 Å². The predicted octanol–water partition coefficient (Wildman–Crippen LogP) is 3.95. The number of thiol groups is 1. The number of thiazole rings is 1. The lowest BCUT2D eigenvalue weighted by atomic mass is 10.2. The number of aromatic nitrogens is 1. The Hall–Kier alpha value is -1.000. The second-order valence-electron chi connectivity index (χ2n) is 3.65. The number of nitrogens with zero attached hydrogens (tertiary/aromatic N) is 1. The van der Waals surface area contributed by atoms with E-state index in [-0.39, 0.29) is 0 Å². The second-order valence-corrected chi connectivity index (χ2v) is 5.05. The third-order valence-electron chi connectivity index (χ3n) is 2.43. The molecule has 0 saturated carbocycles. The van der Waals surface area contributed by atoms with Gasteiger partial charge in [0.05, 0.1) is 12.3 Å². The molecule has 1 heterocycles. The number of rotatable bonds is 4. The van der Waals surface area contributed by atoms with Crippen LogP contribution in [0.5, 0.6) is 5.75 Å². The van der Waals surface area contributed by atoms with E-state index >= 15 is 0 Å². The van der Waals surface area contributed by atoms with Crippen LogP contribution in [0, 0.1) is 6.92 Å². The fraction of sp³-hybridized carbons (Fsp3) is 0.308. The SMILES string of the molecule is CCOc1cccc(-c2nc(C)c(CS)s2)c1. The highest BCUT2D eigenvalue weighted by molar-refractivity contribution is 7.79. The maximum atomic E-state index is 5.49. The van der Waals surface area contributed by atoms with E-state index in [4.69, 9.17) is 4.74 Å². The topological polar surface area (TPSA) is 22.1 Å². The molecule has 90 valence electrons. The first-order chi connectivity index (χ1) is 8.24. The number of ether oxygens (including phenoxy) is 1. The molecule has 2 aromatic rings. The molecule has 0 amide bonds. The largest absolute Gasteiger partial charge is 0.494 e. The fourth-order valence-electron chi connectivity index (χ4n) is 1.58. The number of hydrogen-bond acceptors (Lipinski definition) is 4. The van der Waals surface area contributed by atoms with Crippen LogP contribution in [0.2, 0.25) is 0 Å². The van der Waals surface area contributed by atoms with Crippen LogP contribution < -0.4 is 4.74 Å². The van der Waals surface area contributed by atoms with Crippen molar-refractivity contribution in [2.75, 3.05) is 6.61 Å². The van der Waals surface area contributed by atoms with E-state index in [2.05, 4.69) is 23.7 Å². The predicted molar refractivity (Wildman–Crippen MR) is 76.1 cm³/mol. The minimum atomic E-state index is 0.683. The zero-order valence-electron chi connectivity index (χ0n) is 9.93. The van der Waals surface area contributed by atoms with Crippen LogP contribution in [0.3, 0.4) is 0 Å². The Bertz CT molecular complexity index is 508. The summed E-state index contributed by atoms with van der Waals surface area (Å²) < 4.78 is 5.49. The highest BCUT2D eigenvalue weighted by Crippen LogP contribution is 2.30. The van der Waals surface area contributed by atoms with E-state index < -0.39 is 0 Å². The van der Waals surface area contributed by atoms with E-state index in [1.54, 1.807) is 11.3 Å². The van der Waals surface area contributed by atoms with Crippen LogP contribution in [0.25, 0.3) is 10.6 Å². The number of benzene rings is 1. The summed E-state index contributed by atoms with van der Waals surface area (Å²) in [6.07, 6.45) is 0. The molecule has 0 atom stereocenters. The van der Waals surface area contributed by atoms with Gasteiger partial charge >= 0.3 is 0 Å². The molecule has 0 N–H and O–H groups in total. The first kappa shape index (κ1) is 12.5. The first-order valence-corrected chi connectivity index (χ1v) is 7.00. The lowest BCUT2D eigenvalue weighted by Crippen LogP contribution is -1.91. The molecule has 0 aliphatic heterocycles. The molecule has 0 saturated heterocycles. The molecule has 2 nitrogen and oxygen atoms in total. The van der Waals surface area contributed by atoms with Gasteiger partial charge in [0.1, 0.15) is 10.8 Å². The van der Waals surface area contributed by atoms with Gasteiger partial charge in [0.15, 0.2) is 0 Å². The number of aryl methyl sites for hydroxylation is 1. The summed E-state index contributed by atoms with van der Waals surface area (Å²) in [5, 5.41) is 1.04. The monoisotopic (exact) mass is 265 g/mol. The summed E-state index contributed by atoms with van der Waals surface area (Å²) in [7, 11) is 0. The molecule has 0 aliphatic rings. The van der Waals surface area contributed by atoms with Gasteiger partial charge in [-0.1, -0.05) is 12.1 Å². The Morgan fingerprint density at radius 3 is 2.88 bits per heavy atom. The van der Waals surface area contributed by atoms with E-state index in [9.17, 15) is 0 Å². The van der Waals surface area contributed by atoms with Crippen LogP contribution in [0.1, 0.15) is 17.5 Å². The van der Waals surface area contributed by atoms with Crippen molar-refractivity contribution in [3.63, 3.8) is 0 Å². The van der Waals surface area contributed by atoms with Crippen molar-refractivity contribution in [1.82, 2.24) is 4.98 Å². The minimum Gasteiger partial charge on any atom is -0.494 e. The van der Waals surface area contributed by atoms with E-state index in [0.29, 0.717) is 6.61 Å². The third-order valence-corrected chi connectivity index (χ3v) is 4.16. The quantitative estimate of drug-likeness (QED) is 0.846.